The second-order valence-corrected chi connectivity index (χ2v) is 6.93. The fourth-order valence-electron chi connectivity index (χ4n) is 3.74. The number of hydrogen-bond acceptors (Lipinski definition) is 4. The van der Waals surface area contributed by atoms with Crippen molar-refractivity contribution in [2.24, 2.45) is 0 Å². The Kier molecular flexibility index (Phi) is 5.46. The van der Waals surface area contributed by atoms with Crippen molar-refractivity contribution in [3.63, 3.8) is 0 Å². The summed E-state index contributed by atoms with van der Waals surface area (Å²) < 4.78 is 13.1. The minimum Gasteiger partial charge on any atom is -0.490 e. The third-order valence-electron chi connectivity index (χ3n) is 5.09. The van der Waals surface area contributed by atoms with Crippen molar-refractivity contribution >= 4 is 5.91 Å². The predicted octanol–water partition coefficient (Wildman–Crippen LogP) is 4.62. The molecule has 4 rings (SSSR count). The van der Waals surface area contributed by atoms with Gasteiger partial charge in [-0.25, -0.2) is 4.68 Å². The standard InChI is InChI=1S/C22H25N3O3/c1-2-27-20-16-25(17-10-5-3-6-11-17)23-21(20)22(26)24-14-8-4-7-12-18(24)19-13-9-15-28-19/h3,5-6,9-11,13,15-16,18H,2,4,7-8,12,14H2,1H3/t18-/m1/s1. The molecule has 2 aromatic heterocycles. The molecule has 3 aromatic rings. The largest absolute Gasteiger partial charge is 0.490 e. The summed E-state index contributed by atoms with van der Waals surface area (Å²) in [7, 11) is 0. The lowest BCUT2D eigenvalue weighted by molar-refractivity contribution is 0.0648. The Morgan fingerprint density at radius 1 is 1.18 bits per heavy atom. The Morgan fingerprint density at radius 2 is 2.04 bits per heavy atom. The van der Waals surface area contributed by atoms with Gasteiger partial charge in [0.05, 0.1) is 30.8 Å². The first-order chi connectivity index (χ1) is 13.8. The van der Waals surface area contributed by atoms with Crippen molar-refractivity contribution in [3.8, 4) is 11.4 Å². The number of likely N-dealkylation sites (tertiary alicyclic amines) is 1. The van der Waals surface area contributed by atoms with Crippen molar-refractivity contribution in [2.45, 2.75) is 38.6 Å². The van der Waals surface area contributed by atoms with Crippen molar-refractivity contribution in [2.75, 3.05) is 13.2 Å². The van der Waals surface area contributed by atoms with Crippen LogP contribution in [0.3, 0.4) is 0 Å². The Morgan fingerprint density at radius 3 is 2.79 bits per heavy atom. The number of nitrogens with zero attached hydrogens (tertiary/aromatic N) is 3. The maximum absolute atomic E-state index is 13.5. The molecule has 6 heteroatoms. The smallest absolute Gasteiger partial charge is 0.278 e. The van der Waals surface area contributed by atoms with Crippen molar-refractivity contribution in [1.29, 1.82) is 0 Å². The van der Waals surface area contributed by atoms with Gasteiger partial charge in [-0.1, -0.05) is 31.0 Å². The zero-order chi connectivity index (χ0) is 19.3. The van der Waals surface area contributed by atoms with E-state index in [1.54, 1.807) is 17.1 Å². The minimum absolute atomic E-state index is 0.0682. The lowest BCUT2D eigenvalue weighted by Crippen LogP contribution is -2.35. The number of benzene rings is 1. The van der Waals surface area contributed by atoms with E-state index in [2.05, 4.69) is 5.10 Å². The van der Waals surface area contributed by atoms with Gasteiger partial charge in [0.25, 0.3) is 5.91 Å². The van der Waals surface area contributed by atoms with Crippen molar-refractivity contribution < 1.29 is 13.9 Å². The number of hydrogen-bond donors (Lipinski definition) is 0. The molecule has 0 unspecified atom stereocenters. The summed E-state index contributed by atoms with van der Waals surface area (Å²) in [6, 6.07) is 13.5. The van der Waals surface area contributed by atoms with E-state index in [0.29, 0.717) is 24.6 Å². The average molecular weight is 379 g/mol. The number of furan rings is 1. The SMILES string of the molecule is CCOc1cn(-c2ccccc2)nc1C(=O)N1CCCCC[C@@H]1c1ccco1. The van der Waals surface area contributed by atoms with E-state index in [1.807, 2.05) is 54.3 Å². The van der Waals surface area contributed by atoms with E-state index in [1.165, 1.54) is 0 Å². The lowest BCUT2D eigenvalue weighted by atomic mass is 10.1. The number of para-hydroxylation sites is 1. The van der Waals surface area contributed by atoms with Gasteiger partial charge in [-0.05, 0) is 44.0 Å². The molecule has 0 bridgehead atoms. The van der Waals surface area contributed by atoms with Crippen LogP contribution in [0.15, 0.2) is 59.3 Å². The minimum atomic E-state index is -0.110. The Balaban J connectivity index is 1.70. The highest BCUT2D eigenvalue weighted by molar-refractivity contribution is 5.95. The van der Waals surface area contributed by atoms with Crippen LogP contribution in [0.2, 0.25) is 0 Å². The van der Waals surface area contributed by atoms with Crippen LogP contribution in [0, 0.1) is 0 Å². The molecule has 1 saturated heterocycles. The predicted molar refractivity (Wildman–Crippen MR) is 106 cm³/mol. The first-order valence-corrected chi connectivity index (χ1v) is 9.90. The van der Waals surface area contributed by atoms with Crippen LogP contribution in [0.25, 0.3) is 5.69 Å². The summed E-state index contributed by atoms with van der Waals surface area (Å²) >= 11 is 0. The molecule has 146 valence electrons. The van der Waals surface area contributed by atoms with Crippen molar-refractivity contribution in [3.05, 3.63) is 66.4 Å². The quantitative estimate of drug-likeness (QED) is 0.649. The normalized spacial score (nSPS) is 17.3. The Hall–Kier alpha value is -3.02. The molecule has 1 atom stereocenters. The highest BCUT2D eigenvalue weighted by Crippen LogP contribution is 2.33. The second kappa shape index (κ2) is 8.33. The first-order valence-electron chi connectivity index (χ1n) is 9.90. The van der Waals surface area contributed by atoms with E-state index in [0.717, 1.165) is 37.1 Å². The van der Waals surface area contributed by atoms with Gasteiger partial charge < -0.3 is 14.1 Å². The molecule has 1 aliphatic heterocycles. The maximum Gasteiger partial charge on any atom is 0.278 e. The third-order valence-corrected chi connectivity index (χ3v) is 5.09. The maximum atomic E-state index is 13.5. The molecule has 0 aliphatic carbocycles. The summed E-state index contributed by atoms with van der Waals surface area (Å²) in [5.41, 5.74) is 1.24. The first kappa shape index (κ1) is 18.3. The molecule has 1 fully saturated rings. The average Bonchev–Trinajstić information content (AvgIpc) is 3.34. The molecule has 1 amide bonds. The van der Waals surface area contributed by atoms with E-state index < -0.39 is 0 Å². The topological polar surface area (TPSA) is 60.5 Å². The summed E-state index contributed by atoms with van der Waals surface area (Å²) in [6.07, 6.45) is 7.50. The number of carbonyl (C=O) groups excluding carboxylic acids is 1. The summed E-state index contributed by atoms with van der Waals surface area (Å²) in [5, 5.41) is 4.59. The zero-order valence-corrected chi connectivity index (χ0v) is 16.1. The van der Waals surface area contributed by atoms with E-state index in [-0.39, 0.29) is 11.9 Å². The van der Waals surface area contributed by atoms with Crippen LogP contribution < -0.4 is 4.74 Å². The molecule has 1 aromatic carbocycles. The molecule has 0 radical (unpaired) electrons. The van der Waals surface area contributed by atoms with E-state index >= 15 is 0 Å². The van der Waals surface area contributed by atoms with E-state index in [9.17, 15) is 4.79 Å². The van der Waals surface area contributed by atoms with Crippen molar-refractivity contribution in [1.82, 2.24) is 14.7 Å². The highest BCUT2D eigenvalue weighted by Gasteiger charge is 2.32. The molecular weight excluding hydrogens is 354 g/mol. The van der Waals surface area contributed by atoms with Gasteiger partial charge in [0.1, 0.15) is 5.76 Å². The highest BCUT2D eigenvalue weighted by atomic mass is 16.5. The van der Waals surface area contributed by atoms with Crippen LogP contribution in [0.4, 0.5) is 0 Å². The van der Waals surface area contributed by atoms with Gasteiger partial charge in [0.15, 0.2) is 11.4 Å². The number of aromatic nitrogens is 2. The summed E-state index contributed by atoms with van der Waals surface area (Å²) in [4.78, 5) is 15.4. The Labute approximate surface area is 164 Å². The molecule has 0 saturated carbocycles. The monoisotopic (exact) mass is 379 g/mol. The van der Waals surface area contributed by atoms with Gasteiger partial charge in [-0.15, -0.1) is 0 Å². The van der Waals surface area contributed by atoms with Crippen LogP contribution >= 0.6 is 0 Å². The fraction of sp³-hybridized carbons (Fsp3) is 0.364. The summed E-state index contributed by atoms with van der Waals surface area (Å²) in [6.45, 7) is 3.07. The van der Waals surface area contributed by atoms with Gasteiger partial charge >= 0.3 is 0 Å². The molecule has 0 spiro atoms. The zero-order valence-electron chi connectivity index (χ0n) is 16.1. The molecular formula is C22H25N3O3. The van der Waals surface area contributed by atoms with Crippen LogP contribution in [0.1, 0.15) is 54.9 Å². The number of ether oxygens (including phenoxy) is 1. The van der Waals surface area contributed by atoms with Crippen LogP contribution in [-0.4, -0.2) is 33.7 Å². The van der Waals surface area contributed by atoms with Gasteiger partial charge in [-0.2, -0.15) is 5.10 Å². The fourth-order valence-corrected chi connectivity index (χ4v) is 3.74. The van der Waals surface area contributed by atoms with E-state index in [4.69, 9.17) is 9.15 Å². The molecule has 1 aliphatic rings. The number of amides is 1. The number of carbonyl (C=O) groups is 1. The van der Waals surface area contributed by atoms with Gasteiger partial charge in [-0.3, -0.25) is 4.79 Å². The summed E-state index contributed by atoms with van der Waals surface area (Å²) in [5.74, 6) is 1.23. The van der Waals surface area contributed by atoms with Crippen LogP contribution in [-0.2, 0) is 0 Å². The molecule has 0 N–H and O–H groups in total. The Bertz CT molecular complexity index is 903. The van der Waals surface area contributed by atoms with Gasteiger partial charge in [0, 0.05) is 6.54 Å². The lowest BCUT2D eigenvalue weighted by Gasteiger charge is -2.28. The van der Waals surface area contributed by atoms with Crippen LogP contribution in [0.5, 0.6) is 5.75 Å². The molecule has 3 heterocycles. The van der Waals surface area contributed by atoms with Gasteiger partial charge in [0.2, 0.25) is 0 Å². The number of rotatable bonds is 5. The molecule has 28 heavy (non-hydrogen) atoms. The molecule has 6 nitrogen and oxygen atoms in total. The second-order valence-electron chi connectivity index (χ2n) is 6.93. The third kappa shape index (κ3) is 3.67.